The maximum Gasteiger partial charge on any atom is 0.391 e. The van der Waals surface area contributed by atoms with E-state index < -0.39 is 34.0 Å². The van der Waals surface area contributed by atoms with E-state index in [1.807, 2.05) is 0 Å². The number of hydrogen-bond acceptors (Lipinski definition) is 9. The maximum absolute atomic E-state index is 8.49. The highest BCUT2D eigenvalue weighted by atomic mass is 31.2. The Morgan fingerprint density at radius 1 is 1.05 bits per heavy atom. The number of ether oxygens (including phenoxy) is 1. The summed E-state index contributed by atoms with van der Waals surface area (Å²) >= 11 is 0. The molecular weight excluding hydrogens is 303 g/mol. The first kappa shape index (κ1) is 19.5. The van der Waals surface area contributed by atoms with E-state index in [0.717, 1.165) is 0 Å². The highest BCUT2D eigenvalue weighted by Crippen LogP contribution is 2.29. The van der Waals surface area contributed by atoms with Crippen molar-refractivity contribution in [1.29, 1.82) is 5.26 Å². The fourth-order valence-corrected chi connectivity index (χ4v) is 1.18. The molecule has 21 heavy (non-hydrogen) atoms. The van der Waals surface area contributed by atoms with Gasteiger partial charge in [-0.05, 0) is 24.3 Å². The highest BCUT2D eigenvalue weighted by Gasteiger charge is 2.20. The molecule has 118 valence electrons. The van der Waals surface area contributed by atoms with Crippen LogP contribution in [0.15, 0.2) is 24.3 Å². The summed E-state index contributed by atoms with van der Waals surface area (Å²) < 4.78 is 9.08. The fourth-order valence-electron chi connectivity index (χ4n) is 0.866. The summed E-state index contributed by atoms with van der Waals surface area (Å²) in [6, 6.07) is 5.90. The molecule has 1 aromatic carbocycles. The zero-order valence-electron chi connectivity index (χ0n) is 11.0. The molecule has 0 radical (unpaired) electrons. The second-order valence-electron chi connectivity index (χ2n) is 3.85. The Morgan fingerprint density at radius 3 is 1.76 bits per heavy atom. The van der Waals surface area contributed by atoms with Gasteiger partial charge in [0.25, 0.3) is 6.26 Å². The predicted octanol–water partition coefficient (Wildman–Crippen LogP) is -1.20. The average molecular weight is 320 g/mol. The minimum atomic E-state index is -2.40. The number of nitriles is 1. The van der Waals surface area contributed by atoms with Crippen molar-refractivity contribution in [3.63, 3.8) is 0 Å². The van der Waals surface area contributed by atoms with E-state index in [1.165, 1.54) is 30.5 Å². The van der Waals surface area contributed by atoms with Crippen LogP contribution < -0.4 is 15.0 Å². The standard InChI is InChI=1S/C7H6NO4P.C4H11NO3/c8-5-11-6-1-3-7(4-2-6)12-13(9)10;5-4(1-6,2-7)3-8/h1-4,9-10H;6-8H,1-3,5H2. The quantitative estimate of drug-likeness (QED) is 0.278. The first-order valence-electron chi connectivity index (χ1n) is 5.54. The zero-order valence-corrected chi connectivity index (χ0v) is 11.8. The van der Waals surface area contributed by atoms with Crippen molar-refractivity contribution in [3.05, 3.63) is 24.3 Å². The summed E-state index contributed by atoms with van der Waals surface area (Å²) in [5.74, 6) is 0.677. The molecule has 0 saturated heterocycles. The Hall–Kier alpha value is -1.50. The van der Waals surface area contributed by atoms with Gasteiger partial charge in [0.05, 0.1) is 25.4 Å². The summed E-state index contributed by atoms with van der Waals surface area (Å²) in [6.45, 7) is -1.21. The third kappa shape index (κ3) is 8.39. The number of nitrogens with two attached hydrogens (primary N) is 1. The van der Waals surface area contributed by atoms with Crippen LogP contribution in [0, 0.1) is 11.5 Å². The van der Waals surface area contributed by atoms with Gasteiger partial charge in [0.2, 0.25) is 0 Å². The number of benzene rings is 1. The third-order valence-electron chi connectivity index (χ3n) is 2.12. The molecule has 10 heteroatoms. The van der Waals surface area contributed by atoms with Crippen molar-refractivity contribution >= 4 is 8.60 Å². The van der Waals surface area contributed by atoms with Crippen LogP contribution in [0.5, 0.6) is 11.5 Å². The second kappa shape index (κ2) is 10.3. The van der Waals surface area contributed by atoms with E-state index in [2.05, 4.69) is 9.26 Å². The van der Waals surface area contributed by atoms with Crippen LogP contribution in [0.3, 0.4) is 0 Å². The Balaban J connectivity index is 0.000000433. The van der Waals surface area contributed by atoms with Crippen molar-refractivity contribution in [2.75, 3.05) is 19.8 Å². The number of hydrogen-bond donors (Lipinski definition) is 6. The van der Waals surface area contributed by atoms with E-state index >= 15 is 0 Å². The van der Waals surface area contributed by atoms with Gasteiger partial charge in [0.15, 0.2) is 0 Å². The van der Waals surface area contributed by atoms with E-state index in [1.54, 1.807) is 0 Å². The van der Waals surface area contributed by atoms with Gasteiger partial charge in [0, 0.05) is 0 Å². The first-order valence-corrected chi connectivity index (χ1v) is 6.70. The lowest BCUT2D eigenvalue weighted by Crippen LogP contribution is -2.50. The lowest BCUT2D eigenvalue weighted by Gasteiger charge is -2.20. The maximum atomic E-state index is 8.49. The zero-order chi connectivity index (χ0) is 16.3. The smallest absolute Gasteiger partial charge is 0.391 e. The molecule has 1 aromatic rings. The van der Waals surface area contributed by atoms with Crippen LogP contribution in [0.1, 0.15) is 0 Å². The molecule has 0 atom stereocenters. The van der Waals surface area contributed by atoms with Crippen LogP contribution in [-0.2, 0) is 0 Å². The van der Waals surface area contributed by atoms with E-state index in [9.17, 15) is 0 Å². The molecule has 0 amide bonds. The summed E-state index contributed by atoms with van der Waals surface area (Å²) in [6.07, 6.45) is 1.51. The molecule has 0 aliphatic heterocycles. The Kier molecular flexibility index (Phi) is 9.53. The molecular formula is C11H17N2O7P. The number of aliphatic hydroxyl groups excluding tert-OH is 3. The minimum Gasteiger partial charge on any atom is -0.427 e. The topological polar surface area (TPSA) is 169 Å². The van der Waals surface area contributed by atoms with Crippen LogP contribution >= 0.6 is 8.60 Å². The highest BCUT2D eigenvalue weighted by molar-refractivity contribution is 7.39. The molecule has 0 spiro atoms. The summed E-state index contributed by atoms with van der Waals surface area (Å²) in [4.78, 5) is 17.0. The SMILES string of the molecule is N#COc1ccc(OP(O)O)cc1.NC(CO)(CO)CO. The Labute approximate surface area is 122 Å². The van der Waals surface area contributed by atoms with Gasteiger partial charge in [0.1, 0.15) is 11.5 Å². The molecule has 0 heterocycles. The minimum absolute atomic E-state index is 0.307. The van der Waals surface area contributed by atoms with Gasteiger partial charge in [-0.25, -0.2) is 0 Å². The second-order valence-corrected chi connectivity index (χ2v) is 4.53. The Bertz CT molecular complexity index is 423. The van der Waals surface area contributed by atoms with Gasteiger partial charge in [-0.15, -0.1) is 5.26 Å². The van der Waals surface area contributed by atoms with Gasteiger partial charge < -0.3 is 40.1 Å². The molecule has 1 rings (SSSR count). The van der Waals surface area contributed by atoms with Gasteiger partial charge in [-0.1, -0.05) is 0 Å². The molecule has 0 fully saturated rings. The van der Waals surface area contributed by atoms with Crippen molar-refractivity contribution in [1.82, 2.24) is 0 Å². The first-order chi connectivity index (χ1) is 9.90. The van der Waals surface area contributed by atoms with E-state index in [4.69, 9.17) is 36.1 Å². The molecule has 0 saturated carbocycles. The van der Waals surface area contributed by atoms with Crippen molar-refractivity contribution < 1.29 is 34.4 Å². The van der Waals surface area contributed by atoms with Gasteiger partial charge >= 0.3 is 8.60 Å². The van der Waals surface area contributed by atoms with Crippen LogP contribution in [0.25, 0.3) is 0 Å². The van der Waals surface area contributed by atoms with E-state index in [-0.39, 0.29) is 0 Å². The summed E-state index contributed by atoms with van der Waals surface area (Å²) in [7, 11) is -2.40. The molecule has 0 bridgehead atoms. The van der Waals surface area contributed by atoms with Crippen molar-refractivity contribution in [3.8, 4) is 17.8 Å². The number of nitrogens with zero attached hydrogens (tertiary/aromatic N) is 1. The lowest BCUT2D eigenvalue weighted by atomic mass is 10.1. The summed E-state index contributed by atoms with van der Waals surface area (Å²) in [5.41, 5.74) is 3.94. The van der Waals surface area contributed by atoms with Crippen LogP contribution in [0.4, 0.5) is 0 Å². The van der Waals surface area contributed by atoms with Crippen molar-refractivity contribution in [2.24, 2.45) is 5.73 Å². The Morgan fingerprint density at radius 2 is 1.48 bits per heavy atom. The molecule has 9 nitrogen and oxygen atoms in total. The van der Waals surface area contributed by atoms with Crippen molar-refractivity contribution in [2.45, 2.75) is 5.54 Å². The normalized spacial score (nSPS) is 10.4. The third-order valence-corrected chi connectivity index (χ3v) is 2.49. The lowest BCUT2D eigenvalue weighted by molar-refractivity contribution is 0.0697. The largest absolute Gasteiger partial charge is 0.427 e. The molecule has 0 aliphatic rings. The monoisotopic (exact) mass is 320 g/mol. The number of aliphatic hydroxyl groups is 3. The predicted molar refractivity (Wildman–Crippen MR) is 72.8 cm³/mol. The van der Waals surface area contributed by atoms with Gasteiger partial charge in [-0.3, -0.25) is 0 Å². The van der Waals surface area contributed by atoms with E-state index in [0.29, 0.717) is 11.5 Å². The van der Waals surface area contributed by atoms with Gasteiger partial charge in [-0.2, -0.15) is 0 Å². The van der Waals surface area contributed by atoms with Crippen LogP contribution in [-0.4, -0.2) is 50.5 Å². The summed E-state index contributed by atoms with van der Waals surface area (Å²) in [5, 5.41) is 33.2. The molecule has 0 unspecified atom stereocenters. The fraction of sp³-hybridized carbons (Fsp3) is 0.364. The molecule has 0 aromatic heterocycles. The molecule has 0 aliphatic carbocycles. The van der Waals surface area contributed by atoms with Crippen LogP contribution in [0.2, 0.25) is 0 Å². The number of rotatable bonds is 6. The average Bonchev–Trinajstić information content (AvgIpc) is 2.49. The molecule has 7 N–H and O–H groups in total.